The van der Waals surface area contributed by atoms with Crippen molar-refractivity contribution in [2.45, 2.75) is 49.8 Å². The number of allylic oxidation sites excluding steroid dienone is 2. The number of aromatic nitrogens is 1. The Morgan fingerprint density at radius 3 is 2.50 bits per heavy atom. The van der Waals surface area contributed by atoms with Crippen LogP contribution in [-0.4, -0.2) is 68.9 Å². The lowest BCUT2D eigenvalue weighted by atomic mass is 9.87. The number of sulfonamides is 1. The zero-order valence-corrected chi connectivity index (χ0v) is 24.1. The molecule has 1 saturated carbocycles. The summed E-state index contributed by atoms with van der Waals surface area (Å²) in [7, 11) is 0.0428. The molecule has 0 radical (unpaired) electrons. The molecule has 2 heterocycles. The van der Waals surface area contributed by atoms with Crippen molar-refractivity contribution in [3.8, 4) is 0 Å². The monoisotopic (exact) mass is 558 g/mol. The second-order valence-corrected chi connectivity index (χ2v) is 13.2. The highest BCUT2D eigenvalue weighted by molar-refractivity contribution is 7.89. The topological polar surface area (TPSA) is 91.8 Å². The average molecular weight is 559 g/mol. The number of thiazole rings is 1. The second-order valence-electron chi connectivity index (χ2n) is 10.2. The fourth-order valence-corrected chi connectivity index (χ4v) is 7.20. The van der Waals surface area contributed by atoms with Crippen LogP contribution in [0, 0.1) is 5.92 Å². The molecule has 1 atom stereocenters. The van der Waals surface area contributed by atoms with Gasteiger partial charge in [0.15, 0.2) is 5.13 Å². The minimum Gasteiger partial charge on any atom is -0.501 e. The van der Waals surface area contributed by atoms with Crippen molar-refractivity contribution in [2.24, 2.45) is 5.92 Å². The summed E-state index contributed by atoms with van der Waals surface area (Å²) < 4.78 is 33.8. The van der Waals surface area contributed by atoms with E-state index >= 15 is 0 Å². The van der Waals surface area contributed by atoms with Gasteiger partial charge in [0.1, 0.15) is 0 Å². The summed E-state index contributed by atoms with van der Waals surface area (Å²) in [4.78, 5) is 20.5. The van der Waals surface area contributed by atoms with Gasteiger partial charge >= 0.3 is 0 Å². The number of carbonyl (C=O) groups excluding carboxylic acids is 1. The van der Waals surface area contributed by atoms with Crippen LogP contribution in [0.3, 0.4) is 0 Å². The maximum Gasteiger partial charge on any atom is 0.243 e. The van der Waals surface area contributed by atoms with Crippen LogP contribution in [0.5, 0.6) is 0 Å². The zero-order valence-electron chi connectivity index (χ0n) is 22.5. The number of hydrogen-bond donors (Lipinski definition) is 1. The van der Waals surface area contributed by atoms with E-state index in [9.17, 15) is 13.2 Å². The fourth-order valence-electron chi connectivity index (χ4n) is 5.03. The number of rotatable bonds is 9. The van der Waals surface area contributed by atoms with Crippen LogP contribution in [-0.2, 0) is 19.6 Å². The van der Waals surface area contributed by atoms with Crippen LogP contribution >= 0.6 is 11.3 Å². The first-order valence-corrected chi connectivity index (χ1v) is 15.4. The van der Waals surface area contributed by atoms with Gasteiger partial charge in [-0.15, -0.1) is 0 Å². The van der Waals surface area contributed by atoms with E-state index in [0.29, 0.717) is 42.6 Å². The van der Waals surface area contributed by atoms with E-state index in [1.54, 1.807) is 35.7 Å². The normalized spacial score (nSPS) is 19.6. The second kappa shape index (κ2) is 12.5. The van der Waals surface area contributed by atoms with Crippen LogP contribution in [0.15, 0.2) is 41.0 Å². The number of methoxy groups -OCH3 is 1. The van der Waals surface area contributed by atoms with Gasteiger partial charge in [0.05, 0.1) is 29.0 Å². The molecule has 4 rings (SSSR count). The molecule has 0 unspecified atom stereocenters. The predicted octanol–water partition coefficient (Wildman–Crippen LogP) is 3.12. The summed E-state index contributed by atoms with van der Waals surface area (Å²) in [6.45, 7) is 8.30. The molecule has 1 aromatic carbocycles. The van der Waals surface area contributed by atoms with Crippen LogP contribution in [0.1, 0.15) is 50.5 Å². The Kier molecular flexibility index (Phi) is 9.40. The van der Waals surface area contributed by atoms with Gasteiger partial charge in [-0.05, 0) is 56.2 Å². The van der Waals surface area contributed by atoms with Crippen molar-refractivity contribution in [3.05, 3.63) is 51.5 Å². The molecule has 1 aliphatic heterocycles. The molecule has 206 valence electrons. The van der Waals surface area contributed by atoms with Crippen molar-refractivity contribution in [1.29, 1.82) is 0 Å². The van der Waals surface area contributed by atoms with Gasteiger partial charge < -0.3 is 15.0 Å². The number of nitrogens with one attached hydrogen (secondary N) is 1. The van der Waals surface area contributed by atoms with Crippen LogP contribution in [0.2, 0.25) is 0 Å². The molecule has 8 nitrogen and oxygen atoms in total. The standard InChI is InChI=1S/C28H38N4O4S2/c1-20(36-4)9-14-26-21(2)37-28(29-26)30-27(33)25(19-22-7-5-6-8-22)23-10-12-24(13-11-23)38(34,35)32-17-15-31(3)16-18-32/h9-14,22,25H,2,5-8,15-19H2,1,3-4H3,(H,29,30,33)/b20-9+,26-14+/t25-/m0/s1. The van der Waals surface area contributed by atoms with Gasteiger partial charge in [0.25, 0.3) is 0 Å². The Balaban J connectivity index is 1.55. The van der Waals surface area contributed by atoms with Crippen molar-refractivity contribution in [3.63, 3.8) is 0 Å². The highest BCUT2D eigenvalue weighted by Crippen LogP contribution is 2.35. The summed E-state index contributed by atoms with van der Waals surface area (Å²) in [5.41, 5.74) is 0.823. The molecule has 2 aromatic rings. The Bertz CT molecular complexity index is 1350. The summed E-state index contributed by atoms with van der Waals surface area (Å²) in [6.07, 6.45) is 8.97. The van der Waals surface area contributed by atoms with Crippen molar-refractivity contribution in [2.75, 3.05) is 45.7 Å². The minimum atomic E-state index is -3.56. The molecule has 10 heteroatoms. The van der Waals surface area contributed by atoms with Gasteiger partial charge in [0.2, 0.25) is 15.9 Å². The lowest BCUT2D eigenvalue weighted by Crippen LogP contribution is -2.47. The highest BCUT2D eigenvalue weighted by atomic mass is 32.2. The van der Waals surface area contributed by atoms with Gasteiger partial charge in [0, 0.05) is 30.7 Å². The summed E-state index contributed by atoms with van der Waals surface area (Å²) in [6, 6.07) is 6.89. The molecule has 1 saturated heterocycles. The SMILES string of the molecule is C=c1sc(NC(=O)[C@@H](CC2CCCC2)c2ccc(S(=O)(=O)N3CCN(C)CC3)cc2)n/c1=C/C=C(\C)OC. The van der Waals surface area contributed by atoms with Gasteiger partial charge in [-0.25, -0.2) is 13.4 Å². The van der Waals surface area contributed by atoms with Crippen molar-refractivity contribution in [1.82, 2.24) is 14.2 Å². The molecule has 2 aliphatic rings. The number of likely N-dealkylation sites (N-methyl/N-ethyl adjacent to an activating group) is 1. The van der Waals surface area contributed by atoms with E-state index in [1.807, 2.05) is 26.1 Å². The Labute approximate surface area is 229 Å². The first kappa shape index (κ1) is 28.5. The molecule has 1 amide bonds. The lowest BCUT2D eigenvalue weighted by molar-refractivity contribution is -0.118. The fraction of sp³-hybridized carbons (Fsp3) is 0.500. The third-order valence-corrected chi connectivity index (χ3v) is 10.3. The molecular formula is C28H38N4O4S2. The van der Waals surface area contributed by atoms with Crippen molar-refractivity contribution >= 4 is 45.1 Å². The third kappa shape index (κ3) is 6.91. The molecular weight excluding hydrogens is 520 g/mol. The summed E-state index contributed by atoms with van der Waals surface area (Å²) in [5.74, 6) is 0.706. The number of benzene rings is 1. The van der Waals surface area contributed by atoms with E-state index < -0.39 is 15.9 Å². The molecule has 2 fully saturated rings. The van der Waals surface area contributed by atoms with Crippen LogP contribution in [0.4, 0.5) is 5.13 Å². The Hall–Kier alpha value is -2.53. The largest absolute Gasteiger partial charge is 0.501 e. The molecule has 0 bridgehead atoms. The minimum absolute atomic E-state index is 0.129. The first-order valence-electron chi connectivity index (χ1n) is 13.2. The number of hydrogen-bond acceptors (Lipinski definition) is 7. The maximum absolute atomic E-state index is 13.6. The van der Waals surface area contributed by atoms with E-state index in [1.165, 1.54) is 24.2 Å². The summed E-state index contributed by atoms with van der Waals surface area (Å²) >= 11 is 1.34. The Morgan fingerprint density at radius 1 is 1.21 bits per heavy atom. The number of nitrogens with zero attached hydrogens (tertiary/aromatic N) is 3. The van der Waals surface area contributed by atoms with E-state index in [4.69, 9.17) is 4.74 Å². The molecule has 1 N–H and O–H groups in total. The van der Waals surface area contributed by atoms with Gasteiger partial charge in [-0.1, -0.05) is 55.7 Å². The number of piperazine rings is 1. The smallest absolute Gasteiger partial charge is 0.243 e. The Morgan fingerprint density at radius 2 is 1.87 bits per heavy atom. The quantitative estimate of drug-likeness (QED) is 0.476. The van der Waals surface area contributed by atoms with Crippen molar-refractivity contribution < 1.29 is 17.9 Å². The first-order chi connectivity index (χ1) is 18.2. The molecule has 38 heavy (non-hydrogen) atoms. The number of anilines is 1. The number of amides is 1. The molecule has 1 aromatic heterocycles. The van der Waals surface area contributed by atoms with Gasteiger partial charge in [-0.2, -0.15) is 4.31 Å². The van der Waals surface area contributed by atoms with E-state index in [0.717, 1.165) is 35.1 Å². The zero-order chi connectivity index (χ0) is 27.3. The highest BCUT2D eigenvalue weighted by Gasteiger charge is 2.30. The third-order valence-electron chi connectivity index (χ3n) is 7.50. The van der Waals surface area contributed by atoms with Crippen LogP contribution in [0.25, 0.3) is 12.7 Å². The number of ether oxygens (including phenoxy) is 1. The van der Waals surface area contributed by atoms with Gasteiger partial charge in [-0.3, -0.25) is 4.79 Å². The van der Waals surface area contributed by atoms with Crippen LogP contribution < -0.4 is 15.2 Å². The average Bonchev–Trinajstić information content (AvgIpc) is 3.55. The molecule has 0 spiro atoms. The molecule has 1 aliphatic carbocycles. The number of carbonyl (C=O) groups is 1. The lowest BCUT2D eigenvalue weighted by Gasteiger charge is -2.31. The maximum atomic E-state index is 13.6. The summed E-state index contributed by atoms with van der Waals surface area (Å²) in [5, 5.41) is 4.19. The van der Waals surface area contributed by atoms with E-state index in [2.05, 4.69) is 21.8 Å². The predicted molar refractivity (Wildman–Crippen MR) is 153 cm³/mol. The van der Waals surface area contributed by atoms with E-state index in [-0.39, 0.29) is 10.8 Å².